The predicted molar refractivity (Wildman–Crippen MR) is 93.6 cm³/mol. The van der Waals surface area contributed by atoms with Gasteiger partial charge in [-0.25, -0.2) is 4.79 Å². The summed E-state index contributed by atoms with van der Waals surface area (Å²) >= 11 is 0. The Morgan fingerprint density at radius 2 is 1.88 bits per heavy atom. The van der Waals surface area contributed by atoms with Crippen molar-refractivity contribution in [3.8, 4) is 0 Å². The Balaban J connectivity index is 1.88. The van der Waals surface area contributed by atoms with Gasteiger partial charge in [-0.1, -0.05) is 12.1 Å². The number of carbonyl (C=O) groups is 3. The molecular weight excluding hydrogens is 338 g/mol. The third-order valence-electron chi connectivity index (χ3n) is 4.13. The van der Waals surface area contributed by atoms with Gasteiger partial charge in [0.05, 0.1) is 12.2 Å². The molecule has 1 aliphatic heterocycles. The molecule has 0 aromatic heterocycles. The maximum Gasteiger partial charge on any atom is 0.338 e. The number of carbonyl (C=O) groups excluding carboxylic acids is 2. The molecule has 1 saturated heterocycles. The van der Waals surface area contributed by atoms with Gasteiger partial charge in [-0.05, 0) is 44.9 Å². The Morgan fingerprint density at radius 3 is 2.38 bits per heavy atom. The average Bonchev–Trinajstić information content (AvgIpc) is 3.01. The van der Waals surface area contributed by atoms with Gasteiger partial charge < -0.3 is 19.9 Å². The molecule has 1 fully saturated rings. The molecule has 0 aliphatic carbocycles. The van der Waals surface area contributed by atoms with E-state index in [9.17, 15) is 19.5 Å². The molecule has 0 saturated carbocycles. The van der Waals surface area contributed by atoms with Crippen LogP contribution in [0.2, 0.25) is 0 Å². The van der Waals surface area contributed by atoms with E-state index < -0.39 is 23.0 Å². The van der Waals surface area contributed by atoms with Crippen LogP contribution < -0.4 is 5.32 Å². The van der Waals surface area contributed by atoms with E-state index in [2.05, 4.69) is 5.32 Å². The lowest BCUT2D eigenvalue weighted by atomic mass is 9.83. The fourth-order valence-corrected chi connectivity index (χ4v) is 2.66. The quantitative estimate of drug-likeness (QED) is 0.751. The highest BCUT2D eigenvalue weighted by Crippen LogP contribution is 2.32. The Labute approximate surface area is 152 Å². The van der Waals surface area contributed by atoms with Crippen molar-refractivity contribution in [2.45, 2.75) is 45.8 Å². The number of ether oxygens (including phenoxy) is 2. The van der Waals surface area contributed by atoms with Crippen LogP contribution in [0, 0.1) is 5.41 Å². The molecule has 7 nitrogen and oxygen atoms in total. The summed E-state index contributed by atoms with van der Waals surface area (Å²) in [7, 11) is 0. The van der Waals surface area contributed by atoms with Crippen LogP contribution in [0.25, 0.3) is 0 Å². The van der Waals surface area contributed by atoms with Crippen molar-refractivity contribution >= 4 is 17.8 Å². The summed E-state index contributed by atoms with van der Waals surface area (Å²) in [5.41, 5.74) is -0.459. The van der Waals surface area contributed by atoms with Crippen LogP contribution in [0.4, 0.5) is 0 Å². The lowest BCUT2D eigenvalue weighted by molar-refractivity contribution is -0.151. The fraction of sp³-hybridized carbons (Fsp3) is 0.526. The lowest BCUT2D eigenvalue weighted by Gasteiger charge is -2.21. The first-order valence-corrected chi connectivity index (χ1v) is 8.51. The molecule has 1 heterocycles. The van der Waals surface area contributed by atoms with Crippen molar-refractivity contribution in [3.05, 3.63) is 35.4 Å². The molecule has 0 radical (unpaired) electrons. The molecule has 1 atom stereocenters. The minimum atomic E-state index is -1.13. The van der Waals surface area contributed by atoms with Gasteiger partial charge in [0.2, 0.25) is 5.91 Å². The van der Waals surface area contributed by atoms with E-state index in [1.807, 2.05) is 0 Å². The standard InChI is InChI=1S/C19H25NO6/c1-18(2,3)26-16(22)14-6-4-13(5-7-14)11-20-15(21)10-19(17(23)24)8-9-25-12-19/h4-7H,8-12H2,1-3H3,(H,20,21)(H,23,24). The summed E-state index contributed by atoms with van der Waals surface area (Å²) in [5.74, 6) is -1.75. The summed E-state index contributed by atoms with van der Waals surface area (Å²) in [6.45, 7) is 6.06. The van der Waals surface area contributed by atoms with Crippen LogP contribution in [-0.2, 0) is 25.6 Å². The van der Waals surface area contributed by atoms with E-state index in [0.29, 0.717) is 18.6 Å². The third-order valence-corrected chi connectivity index (χ3v) is 4.13. The molecule has 1 aromatic rings. The summed E-state index contributed by atoms with van der Waals surface area (Å²) in [5, 5.41) is 12.1. The molecule has 7 heteroatoms. The van der Waals surface area contributed by atoms with Gasteiger partial charge in [-0.3, -0.25) is 9.59 Å². The lowest BCUT2D eigenvalue weighted by Crippen LogP contribution is -2.38. The first-order chi connectivity index (χ1) is 12.1. The van der Waals surface area contributed by atoms with Crippen molar-refractivity contribution in [2.75, 3.05) is 13.2 Å². The second-order valence-electron chi connectivity index (χ2n) is 7.54. The molecule has 1 aromatic carbocycles. The Bertz CT molecular complexity index is 668. The SMILES string of the molecule is CC(C)(C)OC(=O)c1ccc(CNC(=O)CC2(C(=O)O)CCOC2)cc1. The number of esters is 1. The van der Waals surface area contributed by atoms with Crippen LogP contribution in [-0.4, -0.2) is 41.8 Å². The van der Waals surface area contributed by atoms with Crippen molar-refractivity contribution < 1.29 is 29.0 Å². The number of benzene rings is 1. The number of hydrogen-bond acceptors (Lipinski definition) is 5. The van der Waals surface area contributed by atoms with E-state index in [1.54, 1.807) is 45.0 Å². The summed E-state index contributed by atoms with van der Waals surface area (Å²) in [6.07, 6.45) is 0.221. The highest BCUT2D eigenvalue weighted by Gasteiger charge is 2.44. The zero-order chi connectivity index (χ0) is 19.4. The molecule has 1 amide bonds. The summed E-state index contributed by atoms with van der Waals surface area (Å²) in [6, 6.07) is 6.73. The van der Waals surface area contributed by atoms with Gasteiger partial charge in [0, 0.05) is 19.6 Å². The molecule has 1 aliphatic rings. The number of carboxylic acids is 1. The van der Waals surface area contributed by atoms with E-state index in [1.165, 1.54) is 0 Å². The molecule has 0 spiro atoms. The second kappa shape index (κ2) is 7.86. The van der Waals surface area contributed by atoms with Crippen molar-refractivity contribution in [3.63, 3.8) is 0 Å². The first kappa shape index (κ1) is 19.9. The van der Waals surface area contributed by atoms with E-state index in [-0.39, 0.29) is 25.5 Å². The fourth-order valence-electron chi connectivity index (χ4n) is 2.66. The van der Waals surface area contributed by atoms with E-state index >= 15 is 0 Å². The summed E-state index contributed by atoms with van der Waals surface area (Å²) in [4.78, 5) is 35.5. The minimum absolute atomic E-state index is 0.0559. The van der Waals surface area contributed by atoms with Gasteiger partial charge >= 0.3 is 11.9 Å². The molecule has 1 unspecified atom stereocenters. The average molecular weight is 363 g/mol. The molecule has 2 rings (SSSR count). The zero-order valence-corrected chi connectivity index (χ0v) is 15.3. The number of nitrogens with one attached hydrogen (secondary N) is 1. The zero-order valence-electron chi connectivity index (χ0n) is 15.3. The van der Waals surface area contributed by atoms with Gasteiger partial charge in [-0.15, -0.1) is 0 Å². The first-order valence-electron chi connectivity index (χ1n) is 8.51. The van der Waals surface area contributed by atoms with Crippen LogP contribution in [0.15, 0.2) is 24.3 Å². The highest BCUT2D eigenvalue weighted by atomic mass is 16.6. The van der Waals surface area contributed by atoms with Crippen LogP contribution in [0.1, 0.15) is 49.5 Å². The van der Waals surface area contributed by atoms with Crippen molar-refractivity contribution in [1.29, 1.82) is 0 Å². The van der Waals surface area contributed by atoms with E-state index in [0.717, 1.165) is 5.56 Å². The van der Waals surface area contributed by atoms with E-state index in [4.69, 9.17) is 9.47 Å². The Kier molecular flexibility index (Phi) is 6.02. The van der Waals surface area contributed by atoms with Gasteiger partial charge in [0.1, 0.15) is 11.0 Å². The Morgan fingerprint density at radius 1 is 1.23 bits per heavy atom. The van der Waals surface area contributed by atoms with Gasteiger partial charge in [0.25, 0.3) is 0 Å². The molecule has 2 N–H and O–H groups in total. The number of amides is 1. The number of hydrogen-bond donors (Lipinski definition) is 2. The predicted octanol–water partition coefficient (Wildman–Crippen LogP) is 2.14. The van der Waals surface area contributed by atoms with Crippen molar-refractivity contribution in [2.24, 2.45) is 5.41 Å². The number of aliphatic carboxylic acids is 1. The maximum absolute atomic E-state index is 12.1. The molecular formula is C19H25NO6. The highest BCUT2D eigenvalue weighted by molar-refractivity contribution is 5.89. The summed E-state index contributed by atoms with van der Waals surface area (Å²) < 4.78 is 10.4. The normalized spacial score (nSPS) is 19.8. The third kappa shape index (κ3) is 5.29. The number of rotatable bonds is 6. The van der Waals surface area contributed by atoms with Gasteiger partial charge in [0.15, 0.2) is 0 Å². The maximum atomic E-state index is 12.1. The monoisotopic (exact) mass is 363 g/mol. The van der Waals surface area contributed by atoms with Gasteiger partial charge in [-0.2, -0.15) is 0 Å². The van der Waals surface area contributed by atoms with Crippen molar-refractivity contribution in [1.82, 2.24) is 5.32 Å². The minimum Gasteiger partial charge on any atom is -0.481 e. The van der Waals surface area contributed by atoms with Crippen LogP contribution in [0.5, 0.6) is 0 Å². The van der Waals surface area contributed by atoms with Crippen LogP contribution in [0.3, 0.4) is 0 Å². The topological polar surface area (TPSA) is 102 Å². The molecule has 26 heavy (non-hydrogen) atoms. The smallest absolute Gasteiger partial charge is 0.338 e. The van der Waals surface area contributed by atoms with Crippen LogP contribution >= 0.6 is 0 Å². The second-order valence-corrected chi connectivity index (χ2v) is 7.54. The number of carboxylic acid groups (broad SMARTS) is 1. The molecule has 142 valence electrons. The largest absolute Gasteiger partial charge is 0.481 e. The molecule has 0 bridgehead atoms. The Hall–Kier alpha value is -2.41.